The SMILES string of the molecule is O=C(O)c1cnc2ncnn2c1O. The summed E-state index contributed by atoms with van der Waals surface area (Å²) in [5, 5.41) is 21.5. The topological polar surface area (TPSA) is 101 Å². The van der Waals surface area contributed by atoms with E-state index < -0.39 is 11.8 Å². The number of rotatable bonds is 1. The molecule has 0 atom stereocenters. The molecule has 0 fully saturated rings. The molecule has 0 aliphatic rings. The van der Waals surface area contributed by atoms with E-state index in [0.717, 1.165) is 10.7 Å². The minimum atomic E-state index is -1.26. The van der Waals surface area contributed by atoms with Gasteiger partial charge in [-0.1, -0.05) is 0 Å². The fourth-order valence-corrected chi connectivity index (χ4v) is 0.918. The van der Waals surface area contributed by atoms with Crippen LogP contribution in [0.3, 0.4) is 0 Å². The second-order valence-electron chi connectivity index (χ2n) is 2.27. The van der Waals surface area contributed by atoms with E-state index >= 15 is 0 Å². The van der Waals surface area contributed by atoms with Gasteiger partial charge in [-0.15, -0.1) is 0 Å². The number of carboxylic acid groups (broad SMARTS) is 1. The number of aromatic carboxylic acids is 1. The monoisotopic (exact) mass is 180 g/mol. The molecule has 0 amide bonds. The number of fused-ring (bicyclic) bond motifs is 1. The first-order valence-electron chi connectivity index (χ1n) is 3.31. The van der Waals surface area contributed by atoms with Crippen molar-refractivity contribution in [2.75, 3.05) is 0 Å². The highest BCUT2D eigenvalue weighted by Crippen LogP contribution is 2.14. The lowest BCUT2D eigenvalue weighted by atomic mass is 10.3. The molecule has 0 saturated heterocycles. The molecule has 0 saturated carbocycles. The molecule has 2 rings (SSSR count). The highest BCUT2D eigenvalue weighted by atomic mass is 16.4. The highest BCUT2D eigenvalue weighted by Gasteiger charge is 2.14. The zero-order chi connectivity index (χ0) is 9.42. The van der Waals surface area contributed by atoms with Crippen molar-refractivity contribution in [2.45, 2.75) is 0 Å². The van der Waals surface area contributed by atoms with E-state index in [1.54, 1.807) is 0 Å². The predicted octanol–water partition coefficient (Wildman–Crippen LogP) is -0.472. The van der Waals surface area contributed by atoms with Gasteiger partial charge in [-0.05, 0) is 0 Å². The molecule has 0 spiro atoms. The molecule has 0 aliphatic heterocycles. The lowest BCUT2D eigenvalue weighted by Gasteiger charge is -1.98. The van der Waals surface area contributed by atoms with Gasteiger partial charge >= 0.3 is 5.97 Å². The quantitative estimate of drug-likeness (QED) is 0.615. The number of aromatic nitrogens is 4. The van der Waals surface area contributed by atoms with Crippen molar-refractivity contribution >= 4 is 11.7 Å². The van der Waals surface area contributed by atoms with Crippen LogP contribution in [0.5, 0.6) is 5.88 Å². The van der Waals surface area contributed by atoms with Gasteiger partial charge in [0, 0.05) is 0 Å². The molecule has 2 aromatic heterocycles. The Morgan fingerprint density at radius 3 is 2.92 bits per heavy atom. The lowest BCUT2D eigenvalue weighted by molar-refractivity contribution is 0.0692. The largest absolute Gasteiger partial charge is 0.493 e. The van der Waals surface area contributed by atoms with Crippen molar-refractivity contribution < 1.29 is 15.0 Å². The number of nitrogens with zero attached hydrogens (tertiary/aromatic N) is 4. The summed E-state index contributed by atoms with van der Waals surface area (Å²) in [5.41, 5.74) is -0.307. The van der Waals surface area contributed by atoms with Crippen LogP contribution in [-0.4, -0.2) is 35.8 Å². The summed E-state index contributed by atoms with van der Waals surface area (Å²) in [4.78, 5) is 17.9. The summed E-state index contributed by atoms with van der Waals surface area (Å²) in [5.74, 6) is -1.58. The predicted molar refractivity (Wildman–Crippen MR) is 39.4 cm³/mol. The summed E-state index contributed by atoms with van der Waals surface area (Å²) in [6, 6.07) is 0. The summed E-state index contributed by atoms with van der Waals surface area (Å²) in [6.07, 6.45) is 2.20. The van der Waals surface area contributed by atoms with E-state index in [9.17, 15) is 9.90 Å². The Hall–Kier alpha value is -2.18. The zero-order valence-electron chi connectivity index (χ0n) is 6.25. The van der Waals surface area contributed by atoms with Gasteiger partial charge in [0.05, 0.1) is 6.20 Å². The highest BCUT2D eigenvalue weighted by molar-refractivity contribution is 5.89. The second-order valence-corrected chi connectivity index (χ2v) is 2.27. The molecule has 7 heteroatoms. The average molecular weight is 180 g/mol. The molecule has 7 nitrogen and oxygen atoms in total. The third-order valence-electron chi connectivity index (χ3n) is 1.51. The van der Waals surface area contributed by atoms with Crippen molar-refractivity contribution in [3.8, 4) is 5.88 Å². The molecule has 0 bridgehead atoms. The van der Waals surface area contributed by atoms with E-state index in [1.165, 1.54) is 6.33 Å². The molecule has 0 unspecified atom stereocenters. The van der Waals surface area contributed by atoms with Crippen LogP contribution < -0.4 is 0 Å². The standard InChI is InChI=1S/C6H4N4O3/c11-4-3(5(12)13)1-7-6-8-2-9-10(4)6/h1-2,11H,(H,12,13). The molecular weight excluding hydrogens is 176 g/mol. The summed E-state index contributed by atoms with van der Waals surface area (Å²) in [7, 11) is 0. The van der Waals surface area contributed by atoms with Gasteiger partial charge in [0.1, 0.15) is 11.9 Å². The maximum Gasteiger partial charge on any atom is 0.342 e. The third kappa shape index (κ3) is 0.975. The third-order valence-corrected chi connectivity index (χ3v) is 1.51. The Labute approximate surface area is 71.3 Å². The minimum Gasteiger partial charge on any atom is -0.493 e. The number of carbonyl (C=O) groups is 1. The van der Waals surface area contributed by atoms with Gasteiger partial charge in [-0.3, -0.25) is 0 Å². The van der Waals surface area contributed by atoms with Gasteiger partial charge in [-0.25, -0.2) is 9.78 Å². The van der Waals surface area contributed by atoms with Crippen molar-refractivity contribution in [3.63, 3.8) is 0 Å². The van der Waals surface area contributed by atoms with Crippen LogP contribution in [0.25, 0.3) is 5.78 Å². The van der Waals surface area contributed by atoms with Gasteiger partial charge in [-0.2, -0.15) is 14.6 Å². The van der Waals surface area contributed by atoms with Gasteiger partial charge in [0.25, 0.3) is 5.78 Å². The normalized spacial score (nSPS) is 10.5. The molecule has 2 heterocycles. The molecule has 0 aromatic carbocycles. The van der Waals surface area contributed by atoms with Crippen LogP contribution in [0, 0.1) is 0 Å². The van der Waals surface area contributed by atoms with Crippen LogP contribution in [0.2, 0.25) is 0 Å². The Morgan fingerprint density at radius 2 is 2.23 bits per heavy atom. The maximum absolute atomic E-state index is 10.5. The number of hydrogen-bond acceptors (Lipinski definition) is 5. The van der Waals surface area contributed by atoms with Crippen molar-refractivity contribution in [1.29, 1.82) is 0 Å². The first kappa shape index (κ1) is 7.47. The van der Waals surface area contributed by atoms with Gasteiger partial charge < -0.3 is 10.2 Å². The fraction of sp³-hybridized carbons (Fsp3) is 0. The Balaban J connectivity index is 2.80. The van der Waals surface area contributed by atoms with Crippen molar-refractivity contribution in [3.05, 3.63) is 18.1 Å². The molecule has 0 aliphatic carbocycles. The minimum absolute atomic E-state index is 0.155. The van der Waals surface area contributed by atoms with Crippen LogP contribution in [0.1, 0.15) is 10.4 Å². The van der Waals surface area contributed by atoms with Gasteiger partial charge in [0.15, 0.2) is 0 Å². The lowest BCUT2D eigenvalue weighted by Crippen LogP contribution is -2.03. The Kier molecular flexibility index (Phi) is 1.38. The van der Waals surface area contributed by atoms with E-state index in [1.807, 2.05) is 0 Å². The summed E-state index contributed by atoms with van der Waals surface area (Å²) < 4.78 is 0.948. The average Bonchev–Trinajstić information content (AvgIpc) is 2.52. The molecule has 2 N–H and O–H groups in total. The zero-order valence-corrected chi connectivity index (χ0v) is 6.25. The number of aromatic hydroxyl groups is 1. The molecule has 2 aromatic rings. The number of carboxylic acids is 1. The smallest absolute Gasteiger partial charge is 0.342 e. The van der Waals surface area contributed by atoms with Crippen LogP contribution in [0.4, 0.5) is 0 Å². The van der Waals surface area contributed by atoms with E-state index in [2.05, 4.69) is 15.1 Å². The molecule has 0 radical (unpaired) electrons. The van der Waals surface area contributed by atoms with Crippen molar-refractivity contribution in [2.24, 2.45) is 0 Å². The first-order chi connectivity index (χ1) is 6.20. The number of hydrogen-bond donors (Lipinski definition) is 2. The second kappa shape index (κ2) is 2.41. The maximum atomic E-state index is 10.5. The molecule has 13 heavy (non-hydrogen) atoms. The Bertz CT molecular complexity index is 478. The Morgan fingerprint density at radius 1 is 1.46 bits per heavy atom. The van der Waals surface area contributed by atoms with Crippen LogP contribution in [0.15, 0.2) is 12.5 Å². The van der Waals surface area contributed by atoms with Crippen LogP contribution >= 0.6 is 0 Å². The van der Waals surface area contributed by atoms with E-state index in [0.29, 0.717) is 0 Å². The summed E-state index contributed by atoms with van der Waals surface area (Å²) in [6.45, 7) is 0. The summed E-state index contributed by atoms with van der Waals surface area (Å²) >= 11 is 0. The van der Waals surface area contributed by atoms with Crippen LogP contribution in [-0.2, 0) is 0 Å². The van der Waals surface area contributed by atoms with Crippen molar-refractivity contribution in [1.82, 2.24) is 19.6 Å². The van der Waals surface area contributed by atoms with E-state index in [-0.39, 0.29) is 11.3 Å². The van der Waals surface area contributed by atoms with E-state index in [4.69, 9.17) is 5.11 Å². The molecular formula is C6H4N4O3. The van der Waals surface area contributed by atoms with Gasteiger partial charge in [0.2, 0.25) is 5.88 Å². The first-order valence-corrected chi connectivity index (χ1v) is 3.31. The molecule has 66 valence electrons. The fourth-order valence-electron chi connectivity index (χ4n) is 0.918.